The number of para-hydroxylation sites is 2. The minimum Gasteiger partial charge on any atom is -0.310 e. The van der Waals surface area contributed by atoms with Crippen molar-refractivity contribution < 1.29 is 0 Å². The lowest BCUT2D eigenvalue weighted by molar-refractivity contribution is 0.617. The van der Waals surface area contributed by atoms with Gasteiger partial charge in [-0.3, -0.25) is 0 Å². The zero-order valence-corrected chi connectivity index (χ0v) is 42.0. The van der Waals surface area contributed by atoms with E-state index in [0.717, 1.165) is 90.3 Å². The Labute approximate surface area is 434 Å². The molecule has 1 aromatic heterocycles. The van der Waals surface area contributed by atoms with Crippen molar-refractivity contribution in [2.45, 2.75) is 38.5 Å². The summed E-state index contributed by atoms with van der Waals surface area (Å²) in [6.45, 7) is 9.26. The van der Waals surface area contributed by atoms with E-state index >= 15 is 0 Å². The average Bonchev–Trinajstić information content (AvgIpc) is 3.82. The molecular formula is C70H54N4. The lowest BCUT2D eigenvalue weighted by Gasteiger charge is -2.30. The summed E-state index contributed by atoms with van der Waals surface area (Å²) in [5, 5.41) is 0. The van der Waals surface area contributed by atoms with Crippen molar-refractivity contribution >= 4 is 34.1 Å². The molecule has 0 N–H and O–H groups in total. The number of rotatable bonds is 10. The van der Waals surface area contributed by atoms with Crippen LogP contribution in [0.15, 0.2) is 255 Å². The Morgan fingerprint density at radius 2 is 0.595 bits per heavy atom. The highest BCUT2D eigenvalue weighted by atomic mass is 15.2. The number of aromatic nitrogens is 2. The van der Waals surface area contributed by atoms with Crippen molar-refractivity contribution in [2.24, 2.45) is 0 Å². The molecular weight excluding hydrogens is 897 g/mol. The van der Waals surface area contributed by atoms with E-state index in [2.05, 4.69) is 292 Å². The Kier molecular flexibility index (Phi) is 10.8. The third kappa shape index (κ3) is 7.52. The predicted octanol–water partition coefficient (Wildman–Crippen LogP) is 18.7. The molecule has 0 spiro atoms. The largest absolute Gasteiger partial charge is 0.310 e. The Morgan fingerprint density at radius 1 is 0.270 bits per heavy atom. The average molecular weight is 951 g/mol. The molecule has 11 aromatic rings. The van der Waals surface area contributed by atoms with Gasteiger partial charge < -0.3 is 9.80 Å². The lowest BCUT2D eigenvalue weighted by Crippen LogP contribution is -2.21. The van der Waals surface area contributed by atoms with E-state index in [9.17, 15) is 0 Å². The van der Waals surface area contributed by atoms with Crippen LogP contribution in [0.3, 0.4) is 0 Å². The van der Waals surface area contributed by atoms with Crippen LogP contribution in [-0.2, 0) is 10.8 Å². The van der Waals surface area contributed by atoms with E-state index in [1.165, 1.54) is 33.4 Å². The topological polar surface area (TPSA) is 32.3 Å². The van der Waals surface area contributed by atoms with E-state index < -0.39 is 10.8 Å². The smallest absolute Gasteiger partial charge is 0.0933 e. The molecule has 0 saturated heterocycles. The second-order valence-electron chi connectivity index (χ2n) is 20.6. The van der Waals surface area contributed by atoms with Crippen LogP contribution >= 0.6 is 0 Å². The summed E-state index contributed by atoms with van der Waals surface area (Å²) in [4.78, 5) is 16.2. The number of nitrogens with zero attached hydrogens (tertiary/aromatic N) is 4. The van der Waals surface area contributed by atoms with E-state index in [1.54, 1.807) is 0 Å². The van der Waals surface area contributed by atoms with Crippen LogP contribution in [0.4, 0.5) is 34.1 Å². The quantitative estimate of drug-likeness (QED) is 0.137. The third-order valence-electron chi connectivity index (χ3n) is 15.3. The van der Waals surface area contributed by atoms with Gasteiger partial charge in [-0.25, -0.2) is 9.97 Å². The molecule has 0 bridgehead atoms. The number of fused-ring (bicyclic) bond motifs is 6. The van der Waals surface area contributed by atoms with Gasteiger partial charge in [-0.05, 0) is 117 Å². The Balaban J connectivity index is 0.911. The first-order chi connectivity index (χ1) is 36.2. The van der Waals surface area contributed by atoms with Crippen LogP contribution in [0.5, 0.6) is 0 Å². The van der Waals surface area contributed by atoms with E-state index in [-0.39, 0.29) is 0 Å². The van der Waals surface area contributed by atoms with Crippen molar-refractivity contribution in [1.29, 1.82) is 0 Å². The fraction of sp³-hybridized carbons (Fsp3) is 0.0857. The maximum Gasteiger partial charge on any atom is 0.0933 e. The summed E-state index contributed by atoms with van der Waals surface area (Å²) in [7, 11) is 0. The highest BCUT2D eigenvalue weighted by molar-refractivity contribution is 5.94. The van der Waals surface area contributed by atoms with Gasteiger partial charge in [-0.1, -0.05) is 210 Å². The van der Waals surface area contributed by atoms with E-state index in [1.807, 2.05) is 0 Å². The van der Waals surface area contributed by atoms with Crippen molar-refractivity contribution in [3.8, 4) is 67.0 Å². The van der Waals surface area contributed by atoms with Crippen LogP contribution in [0.2, 0.25) is 0 Å². The zero-order chi connectivity index (χ0) is 50.0. The molecule has 354 valence electrons. The predicted molar refractivity (Wildman–Crippen MR) is 308 cm³/mol. The van der Waals surface area contributed by atoms with Gasteiger partial charge >= 0.3 is 0 Å². The van der Waals surface area contributed by atoms with Gasteiger partial charge in [0.05, 0.1) is 34.2 Å². The maximum absolute atomic E-state index is 5.71. The molecule has 10 aromatic carbocycles. The molecule has 4 heteroatoms. The summed E-state index contributed by atoms with van der Waals surface area (Å²) in [5.74, 6) is 0. The summed E-state index contributed by atoms with van der Waals surface area (Å²) in [6, 6.07) is 91.9. The number of hydrogen-bond donors (Lipinski definition) is 0. The fourth-order valence-electron chi connectivity index (χ4n) is 11.5. The molecule has 2 aliphatic carbocycles. The minimum absolute atomic E-state index is 0.429. The van der Waals surface area contributed by atoms with Crippen molar-refractivity contribution in [3.05, 3.63) is 277 Å². The van der Waals surface area contributed by atoms with Crippen LogP contribution < -0.4 is 9.80 Å². The molecule has 0 fully saturated rings. The van der Waals surface area contributed by atoms with Crippen LogP contribution in [0, 0.1) is 0 Å². The van der Waals surface area contributed by atoms with Gasteiger partial charge in [-0.2, -0.15) is 0 Å². The Bertz CT molecular complexity index is 3610. The van der Waals surface area contributed by atoms with E-state index in [0.29, 0.717) is 0 Å². The molecule has 0 radical (unpaired) electrons. The molecule has 0 aliphatic heterocycles. The van der Waals surface area contributed by atoms with Gasteiger partial charge in [0, 0.05) is 55.8 Å². The molecule has 0 atom stereocenters. The van der Waals surface area contributed by atoms with Crippen LogP contribution in [-0.4, -0.2) is 9.97 Å². The fourth-order valence-corrected chi connectivity index (χ4v) is 11.5. The molecule has 0 saturated carbocycles. The summed E-state index contributed by atoms with van der Waals surface area (Å²) < 4.78 is 0. The first-order valence-electron chi connectivity index (χ1n) is 25.7. The van der Waals surface area contributed by atoms with Crippen LogP contribution in [0.25, 0.3) is 67.0 Å². The normalized spacial score (nSPS) is 13.4. The Hall–Kier alpha value is -9.12. The molecule has 1 heterocycles. The highest BCUT2D eigenvalue weighted by Gasteiger charge is 2.45. The SMILES string of the molecule is CC1(C)c2cc(N(c3ccccc3)c3ccc(-c4ccccc4)cc3-c3ccccc3)ccc2-c2nc3c(nc21)-c1ccc(N(c2ccccc2)c2ccc(-c4ccccc4)cc2-c2ccccc2)cc1C3(C)C. The van der Waals surface area contributed by atoms with E-state index in [4.69, 9.17) is 9.97 Å². The first kappa shape index (κ1) is 44.8. The minimum atomic E-state index is -0.429. The summed E-state index contributed by atoms with van der Waals surface area (Å²) in [6.07, 6.45) is 0. The third-order valence-corrected chi connectivity index (χ3v) is 15.3. The van der Waals surface area contributed by atoms with Crippen LogP contribution in [0.1, 0.15) is 50.2 Å². The molecule has 2 aliphatic rings. The van der Waals surface area contributed by atoms with Crippen molar-refractivity contribution in [1.82, 2.24) is 9.97 Å². The van der Waals surface area contributed by atoms with Gasteiger partial charge in [0.2, 0.25) is 0 Å². The number of hydrogen-bond acceptors (Lipinski definition) is 4. The molecule has 74 heavy (non-hydrogen) atoms. The molecule has 4 nitrogen and oxygen atoms in total. The van der Waals surface area contributed by atoms with Crippen molar-refractivity contribution in [2.75, 3.05) is 9.80 Å². The van der Waals surface area contributed by atoms with Crippen molar-refractivity contribution in [3.63, 3.8) is 0 Å². The number of anilines is 6. The maximum atomic E-state index is 5.71. The molecule has 0 amide bonds. The van der Waals surface area contributed by atoms with Gasteiger partial charge in [-0.15, -0.1) is 0 Å². The Morgan fingerprint density at radius 3 is 0.946 bits per heavy atom. The van der Waals surface area contributed by atoms with Gasteiger partial charge in [0.15, 0.2) is 0 Å². The molecule has 0 unspecified atom stereocenters. The van der Waals surface area contributed by atoms with Gasteiger partial charge in [0.1, 0.15) is 0 Å². The lowest BCUT2D eigenvalue weighted by atomic mass is 9.84. The second-order valence-corrected chi connectivity index (χ2v) is 20.6. The highest BCUT2D eigenvalue weighted by Crippen LogP contribution is 2.56. The van der Waals surface area contributed by atoms with Gasteiger partial charge in [0.25, 0.3) is 0 Å². The second kappa shape index (κ2) is 17.9. The standard InChI is InChI=1S/C70H54N4/c1-69(2)61-45-55(73(53-31-19-9-20-32-53)63-41-35-51(47-23-11-5-12-24-47)43-59(63)49-27-15-7-16-28-49)37-39-57(61)65-67(69)71-66-58-40-38-56(46-62(58)70(3,4)68(66)72-65)74(54-33-21-10-22-34-54)64-42-36-52(48-25-13-6-14-26-48)44-60(64)50-29-17-8-18-30-50/h5-46H,1-4H3. The first-order valence-corrected chi connectivity index (χ1v) is 25.7. The molecule has 13 rings (SSSR count). The number of benzene rings is 10. The summed E-state index contributed by atoms with van der Waals surface area (Å²) in [5.41, 5.74) is 23.7. The summed E-state index contributed by atoms with van der Waals surface area (Å²) >= 11 is 0. The zero-order valence-electron chi connectivity index (χ0n) is 42.0. The monoisotopic (exact) mass is 950 g/mol.